The van der Waals surface area contributed by atoms with E-state index in [2.05, 4.69) is 5.32 Å². The number of carbonyl (C=O) groups excluding carboxylic acids is 3. The monoisotopic (exact) mass is 326 g/mol. The fourth-order valence-corrected chi connectivity index (χ4v) is 2.15. The summed E-state index contributed by atoms with van der Waals surface area (Å²) < 4.78 is 4.89. The summed E-state index contributed by atoms with van der Waals surface area (Å²) in [6.07, 6.45) is -0.893. The Balaban J connectivity index is 1.84. The molecular weight excluding hydrogens is 316 g/mol. The van der Waals surface area contributed by atoms with Crippen LogP contribution < -0.4 is 5.32 Å². The molecule has 2 unspecified atom stereocenters. The zero-order chi connectivity index (χ0) is 16.3. The number of alkyl halides is 1. The Morgan fingerprint density at radius 2 is 1.91 bits per heavy atom. The van der Waals surface area contributed by atoms with Crippen LogP contribution in [-0.4, -0.2) is 45.4 Å². The van der Waals surface area contributed by atoms with E-state index in [1.807, 2.05) is 6.07 Å². The van der Waals surface area contributed by atoms with Crippen LogP contribution >= 0.6 is 11.6 Å². The van der Waals surface area contributed by atoms with Crippen LogP contribution in [0, 0.1) is 0 Å². The highest BCUT2D eigenvalue weighted by Crippen LogP contribution is 2.24. The number of halogens is 1. The third kappa shape index (κ3) is 3.17. The Kier molecular flexibility index (Phi) is 4.62. The number of imide groups is 1. The van der Waals surface area contributed by atoms with Crippen LogP contribution in [0.1, 0.15) is 5.56 Å². The maximum absolute atomic E-state index is 11.6. The second-order valence-corrected chi connectivity index (χ2v) is 4.82. The molecule has 8 nitrogen and oxygen atoms in total. The lowest BCUT2D eigenvalue weighted by Crippen LogP contribution is -2.71. The van der Waals surface area contributed by atoms with Crippen LogP contribution in [0.15, 0.2) is 30.3 Å². The first-order valence-corrected chi connectivity index (χ1v) is 6.57. The molecule has 0 spiro atoms. The van der Waals surface area contributed by atoms with Gasteiger partial charge in [0.25, 0.3) is 5.91 Å². The summed E-state index contributed by atoms with van der Waals surface area (Å²) >= 11 is 5.73. The highest BCUT2D eigenvalue weighted by atomic mass is 35.5. The molecule has 2 N–H and O–H groups in total. The number of ether oxygens (including phenoxy) is 1. The number of carboxylic acids is 1. The average Bonchev–Trinajstić information content (AvgIpc) is 2.51. The molecule has 0 bridgehead atoms. The highest BCUT2D eigenvalue weighted by molar-refractivity contribution is 6.40. The fourth-order valence-electron chi connectivity index (χ4n) is 1.79. The van der Waals surface area contributed by atoms with Crippen LogP contribution in [-0.2, 0) is 25.7 Å². The lowest BCUT2D eigenvalue weighted by Gasteiger charge is -2.40. The van der Waals surface area contributed by atoms with Gasteiger partial charge in [-0.15, -0.1) is 0 Å². The van der Waals surface area contributed by atoms with Crippen LogP contribution in [0.25, 0.3) is 0 Å². The summed E-state index contributed by atoms with van der Waals surface area (Å²) in [7, 11) is 0. The van der Waals surface area contributed by atoms with Crippen molar-refractivity contribution in [3.05, 3.63) is 35.9 Å². The molecule has 1 aliphatic heterocycles. The summed E-state index contributed by atoms with van der Waals surface area (Å²) in [5.74, 6) is -4.14. The van der Waals surface area contributed by atoms with E-state index >= 15 is 0 Å². The molecule has 0 saturated carbocycles. The number of β-lactam (4-membered cyclic amide) rings is 1. The van der Waals surface area contributed by atoms with E-state index in [0.717, 1.165) is 5.56 Å². The van der Waals surface area contributed by atoms with Gasteiger partial charge < -0.3 is 15.2 Å². The molecule has 2 atom stereocenters. The first-order valence-electron chi connectivity index (χ1n) is 6.13. The maximum atomic E-state index is 11.6. The molecule has 1 aliphatic rings. The van der Waals surface area contributed by atoms with Gasteiger partial charge in [0.1, 0.15) is 18.1 Å². The highest BCUT2D eigenvalue weighted by Gasteiger charge is 2.52. The van der Waals surface area contributed by atoms with E-state index in [-0.39, 0.29) is 6.61 Å². The molecule has 1 fully saturated rings. The van der Waals surface area contributed by atoms with E-state index in [1.165, 1.54) is 0 Å². The van der Waals surface area contributed by atoms with Crippen molar-refractivity contribution >= 4 is 35.5 Å². The molecule has 9 heteroatoms. The Bertz CT molecular complexity index is 620. The van der Waals surface area contributed by atoms with Gasteiger partial charge in [-0.05, 0) is 5.56 Å². The second-order valence-electron chi connectivity index (χ2n) is 4.37. The van der Waals surface area contributed by atoms with Gasteiger partial charge >= 0.3 is 18.0 Å². The number of hydrogen-bond acceptors (Lipinski definition) is 5. The van der Waals surface area contributed by atoms with Gasteiger partial charge in [0.05, 0.1) is 0 Å². The first-order chi connectivity index (χ1) is 10.4. The second kappa shape index (κ2) is 6.44. The van der Waals surface area contributed by atoms with Crippen molar-refractivity contribution in [1.29, 1.82) is 0 Å². The van der Waals surface area contributed by atoms with E-state index in [9.17, 15) is 19.2 Å². The van der Waals surface area contributed by atoms with Crippen LogP contribution in [0.5, 0.6) is 0 Å². The molecule has 0 aliphatic carbocycles. The van der Waals surface area contributed by atoms with Gasteiger partial charge in [0, 0.05) is 0 Å². The zero-order valence-corrected chi connectivity index (χ0v) is 11.8. The minimum atomic E-state index is -1.80. The molecule has 1 heterocycles. The van der Waals surface area contributed by atoms with Gasteiger partial charge in [0.15, 0.2) is 0 Å². The van der Waals surface area contributed by atoms with Gasteiger partial charge in [-0.1, -0.05) is 41.9 Å². The third-order valence-corrected chi connectivity index (χ3v) is 3.36. The Morgan fingerprint density at radius 1 is 1.27 bits per heavy atom. The zero-order valence-electron chi connectivity index (χ0n) is 11.1. The Hall–Kier alpha value is -2.61. The molecule has 1 aromatic carbocycles. The number of likely N-dealkylation sites (tertiary alicyclic amines) is 1. The van der Waals surface area contributed by atoms with Gasteiger partial charge in [-0.3, -0.25) is 14.5 Å². The topological polar surface area (TPSA) is 113 Å². The van der Waals surface area contributed by atoms with Crippen molar-refractivity contribution in [2.75, 3.05) is 0 Å². The summed E-state index contributed by atoms with van der Waals surface area (Å²) in [6, 6.07) is 7.65. The maximum Gasteiger partial charge on any atom is 0.408 e. The molecular formula is C13H11ClN2O6. The van der Waals surface area contributed by atoms with Crippen molar-refractivity contribution in [2.45, 2.75) is 18.1 Å². The van der Waals surface area contributed by atoms with Gasteiger partial charge in [-0.2, -0.15) is 0 Å². The number of rotatable bonds is 3. The van der Waals surface area contributed by atoms with Crippen molar-refractivity contribution in [2.24, 2.45) is 0 Å². The molecule has 1 saturated heterocycles. The average molecular weight is 327 g/mol. The largest absolute Gasteiger partial charge is 0.474 e. The SMILES string of the molecule is O=C(NC1C(=O)N(C(=O)C(=O)O)C1Cl)OCc1ccccc1. The number of carbonyl (C=O) groups is 4. The number of carboxylic acid groups (broad SMARTS) is 1. The van der Waals surface area contributed by atoms with Gasteiger partial charge in [-0.25, -0.2) is 9.59 Å². The standard InChI is InChI=1S/C13H11ClN2O6/c14-9-8(10(17)16(9)11(18)12(19)20)15-13(21)22-6-7-4-2-1-3-5-7/h1-5,8-9H,6H2,(H,15,21)(H,19,20). The summed E-state index contributed by atoms with van der Waals surface area (Å²) in [6.45, 7) is -0.00168. The minimum Gasteiger partial charge on any atom is -0.474 e. The summed E-state index contributed by atoms with van der Waals surface area (Å²) in [5.41, 5.74) is -0.511. The van der Waals surface area contributed by atoms with Crippen LogP contribution in [0.3, 0.4) is 0 Å². The molecule has 22 heavy (non-hydrogen) atoms. The van der Waals surface area contributed by atoms with Gasteiger partial charge in [0.2, 0.25) is 0 Å². The van der Waals surface area contributed by atoms with E-state index in [4.69, 9.17) is 21.4 Å². The predicted molar refractivity (Wildman–Crippen MR) is 72.7 cm³/mol. The van der Waals surface area contributed by atoms with Crippen LogP contribution in [0.4, 0.5) is 4.79 Å². The van der Waals surface area contributed by atoms with Crippen molar-refractivity contribution in [3.8, 4) is 0 Å². The summed E-state index contributed by atoms with van der Waals surface area (Å²) in [4.78, 5) is 45.2. The number of amides is 3. The van der Waals surface area contributed by atoms with Crippen molar-refractivity contribution < 1.29 is 29.0 Å². The lowest BCUT2D eigenvalue weighted by atomic mass is 10.1. The normalized spacial score (nSPS) is 20.0. The number of hydrogen-bond donors (Lipinski definition) is 2. The number of aliphatic carboxylic acids is 1. The van der Waals surface area contributed by atoms with Crippen molar-refractivity contribution in [1.82, 2.24) is 10.2 Å². The smallest absolute Gasteiger partial charge is 0.408 e. The third-order valence-electron chi connectivity index (χ3n) is 2.91. The predicted octanol–water partition coefficient (Wildman–Crippen LogP) is 0.300. The molecule has 0 aromatic heterocycles. The van der Waals surface area contributed by atoms with E-state index < -0.39 is 35.4 Å². The first kappa shape index (κ1) is 15.8. The molecule has 3 amide bonds. The van der Waals surface area contributed by atoms with Crippen molar-refractivity contribution in [3.63, 3.8) is 0 Å². The quantitative estimate of drug-likeness (QED) is 0.357. The Morgan fingerprint density at radius 3 is 2.45 bits per heavy atom. The number of benzene rings is 1. The number of nitrogens with one attached hydrogen (secondary N) is 1. The van der Waals surface area contributed by atoms with E-state index in [0.29, 0.717) is 4.90 Å². The molecule has 116 valence electrons. The summed E-state index contributed by atoms with van der Waals surface area (Å²) in [5, 5.41) is 10.7. The minimum absolute atomic E-state index is 0.00168. The molecule has 1 aromatic rings. The lowest BCUT2D eigenvalue weighted by molar-refractivity contribution is -0.167. The number of alkyl carbamates (subject to hydrolysis) is 1. The number of nitrogens with zero attached hydrogens (tertiary/aromatic N) is 1. The molecule has 2 rings (SSSR count). The Labute approximate surface area is 129 Å². The molecule has 0 radical (unpaired) electrons. The fraction of sp³-hybridized carbons (Fsp3) is 0.231. The van der Waals surface area contributed by atoms with E-state index in [1.54, 1.807) is 24.3 Å². The van der Waals surface area contributed by atoms with Crippen LogP contribution in [0.2, 0.25) is 0 Å².